The van der Waals surface area contributed by atoms with Crippen LogP contribution >= 0.6 is 0 Å². The van der Waals surface area contributed by atoms with E-state index in [2.05, 4.69) is 59.0 Å². The summed E-state index contributed by atoms with van der Waals surface area (Å²) in [7, 11) is 2.37. The largest absolute Gasteiger partial charge is 0.488 e. The van der Waals surface area contributed by atoms with Gasteiger partial charge in [-0.3, -0.25) is 0 Å². The van der Waals surface area contributed by atoms with Crippen LogP contribution in [0.25, 0.3) is 0 Å². The van der Waals surface area contributed by atoms with Gasteiger partial charge in [0.25, 0.3) is 0 Å². The molecule has 0 amide bonds. The summed E-state index contributed by atoms with van der Waals surface area (Å²) >= 11 is 0. The number of benzene rings is 1. The second kappa shape index (κ2) is 6.39. The summed E-state index contributed by atoms with van der Waals surface area (Å²) in [4.78, 5) is 0. The molecule has 0 aromatic heterocycles. The van der Waals surface area contributed by atoms with Gasteiger partial charge < -0.3 is 9.22 Å². The summed E-state index contributed by atoms with van der Waals surface area (Å²) in [6.45, 7) is 13.6. The summed E-state index contributed by atoms with van der Waals surface area (Å²) in [5, 5.41) is 0. The van der Waals surface area contributed by atoms with Gasteiger partial charge in [-0.15, -0.1) is 0 Å². The van der Waals surface area contributed by atoms with Crippen molar-refractivity contribution in [1.29, 1.82) is 0 Å². The van der Waals surface area contributed by atoms with Crippen molar-refractivity contribution in [2.24, 2.45) is 5.92 Å². The van der Waals surface area contributed by atoms with Gasteiger partial charge in [-0.2, -0.15) is 0 Å². The fraction of sp³-hybridized carbons (Fsp3) is 0.684. The van der Waals surface area contributed by atoms with Gasteiger partial charge in [0.1, 0.15) is 18.9 Å². The second-order valence-electron chi connectivity index (χ2n) is 8.10. The van der Waals surface area contributed by atoms with Gasteiger partial charge in [-0.1, -0.05) is 39.8 Å². The second-order valence-corrected chi connectivity index (χ2v) is 8.10. The van der Waals surface area contributed by atoms with Crippen molar-refractivity contribution in [2.45, 2.75) is 46.0 Å². The highest BCUT2D eigenvalue weighted by Gasteiger charge is 2.27. The first-order valence-corrected chi connectivity index (χ1v) is 8.35. The van der Waals surface area contributed by atoms with Gasteiger partial charge in [0.2, 0.25) is 0 Å². The van der Waals surface area contributed by atoms with E-state index in [1.54, 1.807) is 0 Å². The Morgan fingerprint density at radius 1 is 1.10 bits per heavy atom. The Morgan fingerprint density at radius 2 is 1.67 bits per heavy atom. The molecule has 1 saturated heterocycles. The number of rotatable bonds is 4. The first-order valence-electron chi connectivity index (χ1n) is 8.35. The van der Waals surface area contributed by atoms with Crippen molar-refractivity contribution < 1.29 is 9.22 Å². The number of quaternary nitrogens is 1. The predicted octanol–water partition coefficient (Wildman–Crippen LogP) is 4.24. The van der Waals surface area contributed by atoms with Crippen LogP contribution in [0, 0.1) is 5.92 Å². The number of ether oxygens (including phenoxy) is 1. The monoisotopic (exact) mass is 290 g/mol. The van der Waals surface area contributed by atoms with Gasteiger partial charge in [0.15, 0.2) is 0 Å². The van der Waals surface area contributed by atoms with E-state index in [9.17, 15) is 0 Å². The van der Waals surface area contributed by atoms with Crippen LogP contribution in [0.4, 0.5) is 0 Å². The van der Waals surface area contributed by atoms with Gasteiger partial charge in [-0.05, 0) is 41.9 Å². The fourth-order valence-corrected chi connectivity index (χ4v) is 2.98. The third-order valence-electron chi connectivity index (χ3n) is 4.94. The van der Waals surface area contributed by atoms with Gasteiger partial charge in [-0.25, -0.2) is 0 Å². The smallest absolute Gasteiger partial charge is 0.137 e. The van der Waals surface area contributed by atoms with Crippen LogP contribution in [0.15, 0.2) is 24.3 Å². The predicted molar refractivity (Wildman–Crippen MR) is 89.8 cm³/mol. The van der Waals surface area contributed by atoms with Gasteiger partial charge >= 0.3 is 0 Å². The van der Waals surface area contributed by atoms with Crippen LogP contribution in [-0.4, -0.2) is 37.8 Å². The summed E-state index contributed by atoms with van der Waals surface area (Å²) < 4.78 is 7.12. The van der Waals surface area contributed by atoms with Crippen LogP contribution in [0.3, 0.4) is 0 Å². The van der Waals surface area contributed by atoms with Crippen molar-refractivity contribution in [3.8, 4) is 5.75 Å². The molecule has 0 radical (unpaired) electrons. The average molecular weight is 290 g/mol. The fourth-order valence-electron chi connectivity index (χ4n) is 2.98. The lowest BCUT2D eigenvalue weighted by molar-refractivity contribution is -0.915. The lowest BCUT2D eigenvalue weighted by atomic mass is 9.87. The standard InChI is InChI=1S/C19H32NO/c1-16-10-12-20(5,13-11-16)14-15-21-18-8-6-17(7-9-18)19(2,3)4/h6-9,16H,10-15H2,1-5H3/q+1. The molecule has 1 aromatic rings. The zero-order chi connectivity index (χ0) is 15.5. The first kappa shape index (κ1) is 16.4. The maximum absolute atomic E-state index is 5.95. The van der Waals surface area contributed by atoms with E-state index in [0.29, 0.717) is 0 Å². The van der Waals surface area contributed by atoms with E-state index in [4.69, 9.17) is 4.74 Å². The molecule has 1 fully saturated rings. The molecule has 118 valence electrons. The topological polar surface area (TPSA) is 9.23 Å². The number of likely N-dealkylation sites (N-methyl/N-ethyl adjacent to an activating group) is 1. The number of hydrogen-bond acceptors (Lipinski definition) is 1. The number of hydrogen-bond donors (Lipinski definition) is 0. The molecule has 0 saturated carbocycles. The molecule has 0 atom stereocenters. The summed E-state index contributed by atoms with van der Waals surface area (Å²) in [6, 6.07) is 8.60. The van der Waals surface area contributed by atoms with Crippen molar-refractivity contribution in [3.63, 3.8) is 0 Å². The molecule has 1 heterocycles. The Morgan fingerprint density at radius 3 is 2.19 bits per heavy atom. The summed E-state index contributed by atoms with van der Waals surface area (Å²) in [6.07, 6.45) is 2.72. The molecule has 0 bridgehead atoms. The Kier molecular flexibility index (Phi) is 4.98. The van der Waals surface area contributed by atoms with E-state index in [1.165, 1.54) is 36.0 Å². The van der Waals surface area contributed by atoms with Crippen molar-refractivity contribution >= 4 is 0 Å². The molecule has 0 aliphatic carbocycles. The minimum absolute atomic E-state index is 0.210. The van der Waals surface area contributed by atoms with E-state index in [-0.39, 0.29) is 5.41 Å². The SMILES string of the molecule is CC1CC[N+](C)(CCOc2ccc(C(C)(C)C)cc2)CC1. The van der Waals surface area contributed by atoms with Crippen molar-refractivity contribution in [1.82, 2.24) is 0 Å². The molecular formula is C19H32NO+. The molecular weight excluding hydrogens is 258 g/mol. The minimum atomic E-state index is 0.210. The number of likely N-dealkylation sites (tertiary alicyclic amines) is 1. The molecule has 0 unspecified atom stereocenters. The van der Waals surface area contributed by atoms with E-state index >= 15 is 0 Å². The highest BCUT2D eigenvalue weighted by atomic mass is 16.5. The number of piperidine rings is 1. The zero-order valence-electron chi connectivity index (χ0n) is 14.5. The molecule has 1 aliphatic heterocycles. The van der Waals surface area contributed by atoms with E-state index < -0.39 is 0 Å². The molecule has 2 heteroatoms. The van der Waals surface area contributed by atoms with Crippen LogP contribution < -0.4 is 4.74 Å². The lowest BCUT2D eigenvalue weighted by Gasteiger charge is -2.39. The third-order valence-corrected chi connectivity index (χ3v) is 4.94. The summed E-state index contributed by atoms with van der Waals surface area (Å²) in [5.74, 6) is 1.90. The van der Waals surface area contributed by atoms with Crippen molar-refractivity contribution in [2.75, 3.05) is 33.3 Å². The minimum Gasteiger partial charge on any atom is -0.488 e. The maximum Gasteiger partial charge on any atom is 0.137 e. The highest BCUT2D eigenvalue weighted by molar-refractivity contribution is 5.31. The highest BCUT2D eigenvalue weighted by Crippen LogP contribution is 2.25. The Labute approximate surface area is 130 Å². The molecule has 1 aliphatic rings. The zero-order valence-corrected chi connectivity index (χ0v) is 14.5. The Bertz CT molecular complexity index is 436. The lowest BCUT2D eigenvalue weighted by Crippen LogP contribution is -2.51. The third kappa shape index (κ3) is 4.74. The first-order chi connectivity index (χ1) is 9.78. The molecule has 2 rings (SSSR count). The molecule has 2 nitrogen and oxygen atoms in total. The molecule has 0 N–H and O–H groups in total. The van der Waals surface area contributed by atoms with Crippen molar-refractivity contribution in [3.05, 3.63) is 29.8 Å². The Hall–Kier alpha value is -1.02. The van der Waals surface area contributed by atoms with Crippen LogP contribution in [0.5, 0.6) is 5.75 Å². The number of nitrogens with zero attached hydrogens (tertiary/aromatic N) is 1. The van der Waals surface area contributed by atoms with Gasteiger partial charge in [0.05, 0.1) is 20.1 Å². The van der Waals surface area contributed by atoms with E-state index in [1.807, 2.05) is 0 Å². The maximum atomic E-state index is 5.95. The van der Waals surface area contributed by atoms with E-state index in [0.717, 1.165) is 24.8 Å². The summed E-state index contributed by atoms with van der Waals surface area (Å²) in [5.41, 5.74) is 1.57. The normalized spacial score (nSPS) is 26.6. The quantitative estimate of drug-likeness (QED) is 0.754. The van der Waals surface area contributed by atoms with Gasteiger partial charge in [0, 0.05) is 0 Å². The average Bonchev–Trinajstić information content (AvgIpc) is 2.42. The molecule has 0 spiro atoms. The molecule has 21 heavy (non-hydrogen) atoms. The van der Waals surface area contributed by atoms with Crippen LogP contribution in [0.1, 0.15) is 46.1 Å². The molecule has 1 aromatic carbocycles. The van der Waals surface area contributed by atoms with Crippen LogP contribution in [0.2, 0.25) is 0 Å². The van der Waals surface area contributed by atoms with Crippen LogP contribution in [-0.2, 0) is 5.41 Å². The Balaban J connectivity index is 1.81.